The van der Waals surface area contributed by atoms with Crippen molar-refractivity contribution < 1.29 is 9.59 Å². The average Bonchev–Trinajstić information content (AvgIpc) is 3.27. The number of hydrogen-bond donors (Lipinski definition) is 1. The number of rotatable bonds is 6. The lowest BCUT2D eigenvalue weighted by Crippen LogP contribution is -2.42. The van der Waals surface area contributed by atoms with Crippen molar-refractivity contribution in [2.45, 2.75) is 24.9 Å². The van der Waals surface area contributed by atoms with E-state index in [-0.39, 0.29) is 17.7 Å². The molecule has 6 nitrogen and oxygen atoms in total. The zero-order valence-corrected chi connectivity index (χ0v) is 20.5. The van der Waals surface area contributed by atoms with E-state index in [1.807, 2.05) is 53.4 Å². The Morgan fingerprint density at radius 1 is 0.943 bits per heavy atom. The smallest absolute Gasteiger partial charge is 0.233 e. The predicted molar refractivity (Wildman–Crippen MR) is 141 cm³/mol. The summed E-state index contributed by atoms with van der Waals surface area (Å²) >= 11 is 1.46. The molecule has 178 valence electrons. The molecule has 0 bridgehead atoms. The number of hydrogen-bond acceptors (Lipinski definition) is 4. The van der Waals surface area contributed by atoms with Crippen molar-refractivity contribution in [1.82, 2.24) is 14.5 Å². The standard InChI is InChI=1S/C28H28N4O2S/c1-20-11-13-23(14-12-20)32-25-10-6-5-9-24(25)30-28(32)35-19-26(33)31-17-15-21(16-18-31)27(34)29-22-7-3-2-4-8-22/h2-14,21H,15-19H2,1H3,(H,29,34). The highest BCUT2D eigenvalue weighted by atomic mass is 32.2. The summed E-state index contributed by atoms with van der Waals surface area (Å²) in [5.41, 5.74) is 4.97. The van der Waals surface area contributed by atoms with Crippen LogP contribution in [-0.4, -0.2) is 45.1 Å². The molecule has 0 atom stereocenters. The fraction of sp³-hybridized carbons (Fsp3) is 0.250. The Bertz CT molecular complexity index is 1330. The lowest BCUT2D eigenvalue weighted by molar-refractivity contribution is -0.132. The van der Waals surface area contributed by atoms with Gasteiger partial charge in [0, 0.05) is 30.4 Å². The number of carbonyl (C=O) groups is 2. The molecular weight excluding hydrogens is 456 g/mol. The summed E-state index contributed by atoms with van der Waals surface area (Å²) in [5, 5.41) is 3.79. The fourth-order valence-electron chi connectivity index (χ4n) is 4.42. The number of carbonyl (C=O) groups excluding carboxylic acids is 2. The molecule has 0 unspecified atom stereocenters. The first-order valence-corrected chi connectivity index (χ1v) is 12.9. The summed E-state index contributed by atoms with van der Waals surface area (Å²) in [6.45, 7) is 3.26. The van der Waals surface area contributed by atoms with Gasteiger partial charge in [-0.1, -0.05) is 59.8 Å². The highest BCUT2D eigenvalue weighted by Gasteiger charge is 2.27. The van der Waals surface area contributed by atoms with Gasteiger partial charge in [-0.2, -0.15) is 0 Å². The lowest BCUT2D eigenvalue weighted by atomic mass is 9.96. The minimum absolute atomic E-state index is 0.0319. The molecule has 7 heteroatoms. The number of para-hydroxylation sites is 3. The van der Waals surface area contributed by atoms with E-state index in [0.717, 1.165) is 27.6 Å². The molecule has 1 saturated heterocycles. The quantitative estimate of drug-likeness (QED) is 0.377. The second-order valence-corrected chi connectivity index (χ2v) is 9.80. The van der Waals surface area contributed by atoms with Gasteiger partial charge < -0.3 is 10.2 Å². The normalized spacial score (nSPS) is 14.3. The van der Waals surface area contributed by atoms with Crippen molar-refractivity contribution in [2.24, 2.45) is 5.92 Å². The SMILES string of the molecule is Cc1ccc(-n2c(SCC(=O)N3CCC(C(=O)Nc4ccccc4)CC3)nc3ccccc32)cc1. The number of anilines is 1. The summed E-state index contributed by atoms with van der Waals surface area (Å²) < 4.78 is 2.12. The summed E-state index contributed by atoms with van der Waals surface area (Å²) in [6.07, 6.45) is 1.36. The van der Waals surface area contributed by atoms with Crippen molar-refractivity contribution in [1.29, 1.82) is 0 Å². The molecule has 2 amide bonds. The van der Waals surface area contributed by atoms with Crippen LogP contribution in [0.25, 0.3) is 16.7 Å². The Hall–Kier alpha value is -3.58. The second kappa shape index (κ2) is 10.4. The Kier molecular flexibility index (Phi) is 6.86. The van der Waals surface area contributed by atoms with E-state index in [9.17, 15) is 9.59 Å². The third-order valence-corrected chi connectivity index (χ3v) is 7.33. The first kappa shape index (κ1) is 23.2. The van der Waals surface area contributed by atoms with Gasteiger partial charge in [0.15, 0.2) is 5.16 Å². The van der Waals surface area contributed by atoms with Gasteiger partial charge >= 0.3 is 0 Å². The maximum atomic E-state index is 13.0. The number of fused-ring (bicyclic) bond motifs is 1. The van der Waals surface area contributed by atoms with Gasteiger partial charge in [-0.05, 0) is 56.2 Å². The van der Waals surface area contributed by atoms with E-state index in [1.165, 1.54) is 17.3 Å². The van der Waals surface area contributed by atoms with E-state index in [0.29, 0.717) is 31.7 Å². The molecule has 5 rings (SSSR count). The number of thioether (sulfide) groups is 1. The molecule has 35 heavy (non-hydrogen) atoms. The average molecular weight is 485 g/mol. The molecule has 1 aromatic heterocycles. The first-order valence-electron chi connectivity index (χ1n) is 11.9. The van der Waals surface area contributed by atoms with Crippen LogP contribution in [0.3, 0.4) is 0 Å². The van der Waals surface area contributed by atoms with Crippen molar-refractivity contribution >= 4 is 40.3 Å². The van der Waals surface area contributed by atoms with Crippen molar-refractivity contribution in [2.75, 3.05) is 24.2 Å². The van der Waals surface area contributed by atoms with Gasteiger partial charge in [-0.25, -0.2) is 4.98 Å². The van der Waals surface area contributed by atoms with E-state index in [4.69, 9.17) is 4.98 Å². The molecule has 3 aromatic carbocycles. The zero-order chi connectivity index (χ0) is 24.2. The van der Waals surface area contributed by atoms with Gasteiger partial charge in [0.05, 0.1) is 16.8 Å². The van der Waals surface area contributed by atoms with Gasteiger partial charge in [-0.3, -0.25) is 14.2 Å². The molecule has 0 radical (unpaired) electrons. The number of piperidine rings is 1. The van der Waals surface area contributed by atoms with Crippen molar-refractivity contribution in [3.8, 4) is 5.69 Å². The lowest BCUT2D eigenvalue weighted by Gasteiger charge is -2.31. The molecule has 1 aliphatic heterocycles. The minimum atomic E-state index is -0.0716. The van der Waals surface area contributed by atoms with Crippen LogP contribution in [0.4, 0.5) is 5.69 Å². The molecule has 0 aliphatic carbocycles. The Labute approximate surface area is 209 Å². The van der Waals surface area contributed by atoms with Crippen LogP contribution in [0.1, 0.15) is 18.4 Å². The molecule has 0 spiro atoms. The predicted octanol–water partition coefficient (Wildman–Crippen LogP) is 5.30. The van der Waals surface area contributed by atoms with E-state index in [1.54, 1.807) is 0 Å². The Morgan fingerprint density at radius 2 is 1.63 bits per heavy atom. The number of amides is 2. The molecule has 2 heterocycles. The summed E-state index contributed by atoms with van der Waals surface area (Å²) in [7, 11) is 0. The maximum absolute atomic E-state index is 13.0. The van der Waals surface area contributed by atoms with Crippen molar-refractivity contribution in [3.63, 3.8) is 0 Å². The second-order valence-electron chi connectivity index (χ2n) is 8.85. The van der Waals surface area contributed by atoms with Gasteiger partial charge in [-0.15, -0.1) is 0 Å². The van der Waals surface area contributed by atoms with Crippen LogP contribution in [-0.2, 0) is 9.59 Å². The van der Waals surface area contributed by atoms with E-state index in [2.05, 4.69) is 47.1 Å². The third-order valence-electron chi connectivity index (χ3n) is 6.41. The van der Waals surface area contributed by atoms with Gasteiger partial charge in [0.1, 0.15) is 0 Å². The van der Waals surface area contributed by atoms with E-state index < -0.39 is 0 Å². The zero-order valence-electron chi connectivity index (χ0n) is 19.7. The van der Waals surface area contributed by atoms with Crippen LogP contribution in [0.5, 0.6) is 0 Å². The van der Waals surface area contributed by atoms with Crippen LogP contribution in [0.2, 0.25) is 0 Å². The number of likely N-dealkylation sites (tertiary alicyclic amines) is 1. The minimum Gasteiger partial charge on any atom is -0.342 e. The number of nitrogens with one attached hydrogen (secondary N) is 1. The number of imidazole rings is 1. The highest BCUT2D eigenvalue weighted by Crippen LogP contribution is 2.29. The number of benzene rings is 3. The van der Waals surface area contributed by atoms with Crippen LogP contribution in [0, 0.1) is 12.8 Å². The highest BCUT2D eigenvalue weighted by molar-refractivity contribution is 7.99. The fourth-order valence-corrected chi connectivity index (χ4v) is 5.35. The maximum Gasteiger partial charge on any atom is 0.233 e. The third kappa shape index (κ3) is 5.25. The van der Waals surface area contributed by atoms with E-state index >= 15 is 0 Å². The summed E-state index contributed by atoms with van der Waals surface area (Å²) in [4.78, 5) is 32.3. The van der Waals surface area contributed by atoms with Crippen LogP contribution >= 0.6 is 11.8 Å². The number of nitrogens with zero attached hydrogens (tertiary/aromatic N) is 3. The van der Waals surface area contributed by atoms with Gasteiger partial charge in [0.25, 0.3) is 0 Å². The summed E-state index contributed by atoms with van der Waals surface area (Å²) in [6, 6.07) is 25.9. The van der Waals surface area contributed by atoms with Crippen LogP contribution < -0.4 is 5.32 Å². The molecular formula is C28H28N4O2S. The van der Waals surface area contributed by atoms with Crippen molar-refractivity contribution in [3.05, 3.63) is 84.4 Å². The largest absolute Gasteiger partial charge is 0.342 e. The van der Waals surface area contributed by atoms with Gasteiger partial charge in [0.2, 0.25) is 11.8 Å². The first-order chi connectivity index (χ1) is 17.1. The topological polar surface area (TPSA) is 67.2 Å². The monoisotopic (exact) mass is 484 g/mol. The Balaban J connectivity index is 1.22. The number of aryl methyl sites for hydroxylation is 1. The van der Waals surface area contributed by atoms with Crippen LogP contribution in [0.15, 0.2) is 84.0 Å². The summed E-state index contributed by atoms with van der Waals surface area (Å²) in [5.74, 6) is 0.359. The Morgan fingerprint density at radius 3 is 2.37 bits per heavy atom. The molecule has 0 saturated carbocycles. The molecule has 1 aliphatic rings. The molecule has 1 N–H and O–H groups in total. The number of aromatic nitrogens is 2. The molecule has 4 aromatic rings. The molecule has 1 fully saturated rings.